The van der Waals surface area contributed by atoms with Gasteiger partial charge in [-0.2, -0.15) is 0 Å². The van der Waals surface area contributed by atoms with Gasteiger partial charge in [0.2, 0.25) is 0 Å². The molecule has 106 valence electrons. The molecule has 5 heteroatoms. The quantitative estimate of drug-likeness (QED) is 0.912. The SMILES string of the molecule is CC1CN(C(CN)c2ccc(Br)c(Cl)c2)CC(C)O1. The first-order valence-corrected chi connectivity index (χ1v) is 7.73. The third-order valence-corrected chi connectivity index (χ3v) is 4.67. The molecule has 0 aromatic heterocycles. The largest absolute Gasteiger partial charge is 0.373 e. The number of morpholine rings is 1. The normalized spacial score (nSPS) is 26.4. The first kappa shape index (κ1) is 15.3. The van der Waals surface area contributed by atoms with Gasteiger partial charge >= 0.3 is 0 Å². The predicted octanol–water partition coefficient (Wildman–Crippen LogP) is 3.21. The van der Waals surface area contributed by atoms with Crippen molar-refractivity contribution in [1.82, 2.24) is 4.90 Å². The summed E-state index contributed by atoms with van der Waals surface area (Å²) in [5.41, 5.74) is 7.14. The number of nitrogens with two attached hydrogens (primary N) is 1. The van der Waals surface area contributed by atoms with E-state index in [0.29, 0.717) is 6.54 Å². The zero-order valence-corrected chi connectivity index (χ0v) is 13.6. The molecule has 19 heavy (non-hydrogen) atoms. The Hall–Kier alpha value is -0.130. The molecule has 0 spiro atoms. The minimum atomic E-state index is 0.194. The standard InChI is InChI=1S/C14H20BrClN2O/c1-9-7-18(8-10(2)19-9)14(6-17)11-3-4-12(15)13(16)5-11/h3-5,9-10,14H,6-8,17H2,1-2H3. The maximum Gasteiger partial charge on any atom is 0.0678 e. The maximum atomic E-state index is 6.18. The summed E-state index contributed by atoms with van der Waals surface area (Å²) in [6, 6.07) is 6.25. The van der Waals surface area contributed by atoms with Gasteiger partial charge in [-0.25, -0.2) is 0 Å². The second-order valence-corrected chi connectivity index (χ2v) is 6.40. The number of hydrogen-bond acceptors (Lipinski definition) is 3. The van der Waals surface area contributed by atoms with Crippen molar-refractivity contribution in [2.45, 2.75) is 32.1 Å². The van der Waals surface area contributed by atoms with Gasteiger partial charge in [-0.3, -0.25) is 4.90 Å². The zero-order valence-electron chi connectivity index (χ0n) is 11.3. The lowest BCUT2D eigenvalue weighted by molar-refractivity contribution is -0.0799. The molecule has 3 atom stereocenters. The highest BCUT2D eigenvalue weighted by Gasteiger charge is 2.28. The van der Waals surface area contributed by atoms with E-state index < -0.39 is 0 Å². The number of hydrogen-bond donors (Lipinski definition) is 1. The van der Waals surface area contributed by atoms with Crippen LogP contribution in [0.4, 0.5) is 0 Å². The molecule has 3 nitrogen and oxygen atoms in total. The summed E-state index contributed by atoms with van der Waals surface area (Å²) in [6.07, 6.45) is 0.479. The highest BCUT2D eigenvalue weighted by molar-refractivity contribution is 9.10. The van der Waals surface area contributed by atoms with Crippen molar-refractivity contribution in [3.05, 3.63) is 33.3 Å². The topological polar surface area (TPSA) is 38.5 Å². The second kappa shape index (κ2) is 6.55. The Labute approximate surface area is 128 Å². The van der Waals surface area contributed by atoms with Crippen molar-refractivity contribution in [1.29, 1.82) is 0 Å². The van der Waals surface area contributed by atoms with Gasteiger partial charge in [0.15, 0.2) is 0 Å². The summed E-state index contributed by atoms with van der Waals surface area (Å²) >= 11 is 9.60. The Bertz CT molecular complexity index is 433. The van der Waals surface area contributed by atoms with Crippen molar-refractivity contribution in [2.24, 2.45) is 5.73 Å². The van der Waals surface area contributed by atoms with Crippen molar-refractivity contribution in [3.8, 4) is 0 Å². The number of ether oxygens (including phenoxy) is 1. The minimum Gasteiger partial charge on any atom is -0.373 e. The first-order valence-electron chi connectivity index (χ1n) is 6.55. The molecule has 2 N–H and O–H groups in total. The Morgan fingerprint density at radius 3 is 2.58 bits per heavy atom. The van der Waals surface area contributed by atoms with E-state index in [1.165, 1.54) is 0 Å². The summed E-state index contributed by atoms with van der Waals surface area (Å²) in [7, 11) is 0. The van der Waals surface area contributed by atoms with E-state index in [1.807, 2.05) is 12.1 Å². The predicted molar refractivity (Wildman–Crippen MR) is 82.5 cm³/mol. The smallest absolute Gasteiger partial charge is 0.0678 e. The van der Waals surface area contributed by atoms with Gasteiger partial charge < -0.3 is 10.5 Å². The fourth-order valence-electron chi connectivity index (χ4n) is 2.69. The molecule has 0 aliphatic carbocycles. The molecule has 1 fully saturated rings. The number of benzene rings is 1. The van der Waals surface area contributed by atoms with Crippen molar-refractivity contribution in [3.63, 3.8) is 0 Å². The Morgan fingerprint density at radius 1 is 1.42 bits per heavy atom. The van der Waals surface area contributed by atoms with Crippen LogP contribution in [0, 0.1) is 0 Å². The number of rotatable bonds is 3. The van der Waals surface area contributed by atoms with Crippen LogP contribution < -0.4 is 5.73 Å². The molecule has 1 aromatic carbocycles. The lowest BCUT2D eigenvalue weighted by Crippen LogP contribution is -2.48. The average Bonchev–Trinajstić information content (AvgIpc) is 2.33. The number of nitrogens with zero attached hydrogens (tertiary/aromatic N) is 1. The van der Waals surface area contributed by atoms with Gasteiger partial charge in [0, 0.05) is 30.1 Å². The Morgan fingerprint density at radius 2 is 2.05 bits per heavy atom. The third-order valence-electron chi connectivity index (χ3n) is 3.44. The van der Waals surface area contributed by atoms with Gasteiger partial charge in [0.05, 0.1) is 17.2 Å². The van der Waals surface area contributed by atoms with Crippen molar-refractivity contribution >= 4 is 27.5 Å². The van der Waals surface area contributed by atoms with Gasteiger partial charge in [-0.1, -0.05) is 17.7 Å². The van der Waals surface area contributed by atoms with Crippen molar-refractivity contribution in [2.75, 3.05) is 19.6 Å². The molecule has 2 rings (SSSR count). The fourth-order valence-corrected chi connectivity index (χ4v) is 3.12. The van der Waals surface area contributed by atoms with E-state index in [2.05, 4.69) is 40.7 Å². The Balaban J connectivity index is 2.21. The van der Waals surface area contributed by atoms with Crippen LogP contribution in [0.15, 0.2) is 22.7 Å². The molecule has 0 radical (unpaired) electrons. The van der Waals surface area contributed by atoms with Crippen LogP contribution in [-0.4, -0.2) is 36.7 Å². The fraction of sp³-hybridized carbons (Fsp3) is 0.571. The van der Waals surface area contributed by atoms with E-state index in [-0.39, 0.29) is 18.2 Å². The van der Waals surface area contributed by atoms with Gasteiger partial charge in [-0.05, 0) is 47.5 Å². The van der Waals surface area contributed by atoms with Crippen LogP contribution in [0.1, 0.15) is 25.5 Å². The summed E-state index contributed by atoms with van der Waals surface area (Å²) in [4.78, 5) is 2.39. The lowest BCUT2D eigenvalue weighted by Gasteiger charge is -2.40. The third kappa shape index (κ3) is 3.70. The van der Waals surface area contributed by atoms with Gasteiger partial charge in [0.25, 0.3) is 0 Å². The monoisotopic (exact) mass is 346 g/mol. The van der Waals surface area contributed by atoms with Crippen LogP contribution in [0.2, 0.25) is 5.02 Å². The molecular formula is C14H20BrClN2O. The highest BCUT2D eigenvalue weighted by Crippen LogP contribution is 2.29. The molecule has 0 bridgehead atoms. The summed E-state index contributed by atoms with van der Waals surface area (Å²) in [6.45, 7) is 6.59. The van der Waals surface area contributed by atoms with Crippen LogP contribution in [0.3, 0.4) is 0 Å². The second-order valence-electron chi connectivity index (χ2n) is 5.14. The summed E-state index contributed by atoms with van der Waals surface area (Å²) < 4.78 is 6.69. The van der Waals surface area contributed by atoms with E-state index >= 15 is 0 Å². The molecule has 1 saturated heterocycles. The molecule has 0 amide bonds. The van der Waals surface area contributed by atoms with Gasteiger partial charge in [-0.15, -0.1) is 0 Å². The van der Waals surface area contributed by atoms with E-state index in [9.17, 15) is 0 Å². The number of halogens is 2. The molecular weight excluding hydrogens is 328 g/mol. The van der Waals surface area contributed by atoms with Crippen LogP contribution in [0.5, 0.6) is 0 Å². The Kier molecular flexibility index (Phi) is 5.26. The molecule has 1 aliphatic rings. The molecule has 1 aromatic rings. The lowest BCUT2D eigenvalue weighted by atomic mass is 10.0. The van der Waals surface area contributed by atoms with E-state index in [4.69, 9.17) is 22.1 Å². The zero-order chi connectivity index (χ0) is 14.0. The molecule has 1 aliphatic heterocycles. The van der Waals surface area contributed by atoms with Crippen molar-refractivity contribution < 1.29 is 4.74 Å². The minimum absolute atomic E-state index is 0.194. The maximum absolute atomic E-state index is 6.18. The van der Waals surface area contributed by atoms with E-state index in [1.54, 1.807) is 0 Å². The first-order chi connectivity index (χ1) is 9.01. The molecule has 3 unspecified atom stereocenters. The van der Waals surface area contributed by atoms with Crippen LogP contribution in [-0.2, 0) is 4.74 Å². The average molecular weight is 348 g/mol. The van der Waals surface area contributed by atoms with Crippen LogP contribution >= 0.6 is 27.5 Å². The highest BCUT2D eigenvalue weighted by atomic mass is 79.9. The molecule has 1 heterocycles. The van der Waals surface area contributed by atoms with E-state index in [0.717, 1.165) is 28.1 Å². The summed E-state index contributed by atoms with van der Waals surface area (Å²) in [5, 5.41) is 0.727. The summed E-state index contributed by atoms with van der Waals surface area (Å²) in [5.74, 6) is 0. The van der Waals surface area contributed by atoms with Crippen LogP contribution in [0.25, 0.3) is 0 Å². The van der Waals surface area contributed by atoms with Gasteiger partial charge in [0.1, 0.15) is 0 Å². The molecule has 0 saturated carbocycles.